The van der Waals surface area contributed by atoms with Crippen molar-refractivity contribution in [1.29, 1.82) is 0 Å². The van der Waals surface area contributed by atoms with Crippen LogP contribution >= 0.6 is 11.3 Å². The van der Waals surface area contributed by atoms with Crippen LogP contribution in [0.15, 0.2) is 23.7 Å². The lowest BCUT2D eigenvalue weighted by molar-refractivity contribution is -0.150. The number of nitrogens with one attached hydrogen (secondary N) is 1. The first-order valence-corrected chi connectivity index (χ1v) is 7.42. The number of hydrogen-bond acceptors (Lipinski definition) is 4. The summed E-state index contributed by atoms with van der Waals surface area (Å²) in [5, 5.41) is 12.1. The van der Waals surface area contributed by atoms with Gasteiger partial charge in [-0.1, -0.05) is 0 Å². The van der Waals surface area contributed by atoms with Crippen molar-refractivity contribution in [3.05, 3.63) is 29.3 Å². The van der Waals surface area contributed by atoms with E-state index in [-0.39, 0.29) is 5.91 Å². The molecule has 0 fully saturated rings. The summed E-state index contributed by atoms with van der Waals surface area (Å²) in [5.74, 6) is -1.24. The SMILES string of the molecule is CC(C)(NC(=O)c1ccc2ncsc2c1)C(C)(C)C(=O)O. The third kappa shape index (κ3) is 2.76. The Morgan fingerprint density at radius 1 is 1.24 bits per heavy atom. The van der Waals surface area contributed by atoms with E-state index in [0.717, 1.165) is 10.2 Å². The minimum Gasteiger partial charge on any atom is -0.481 e. The van der Waals surface area contributed by atoms with E-state index in [1.807, 2.05) is 0 Å². The largest absolute Gasteiger partial charge is 0.481 e. The topological polar surface area (TPSA) is 79.3 Å². The summed E-state index contributed by atoms with van der Waals surface area (Å²) in [6.45, 7) is 6.62. The molecule has 0 saturated carbocycles. The van der Waals surface area contributed by atoms with E-state index in [4.69, 9.17) is 0 Å². The van der Waals surface area contributed by atoms with Crippen molar-refractivity contribution in [2.45, 2.75) is 33.2 Å². The van der Waals surface area contributed by atoms with Crippen molar-refractivity contribution in [3.63, 3.8) is 0 Å². The van der Waals surface area contributed by atoms with Crippen molar-refractivity contribution in [2.75, 3.05) is 0 Å². The minimum atomic E-state index is -1.09. The maximum Gasteiger partial charge on any atom is 0.311 e. The highest BCUT2D eigenvalue weighted by atomic mass is 32.1. The van der Waals surface area contributed by atoms with Gasteiger partial charge in [-0.3, -0.25) is 9.59 Å². The molecule has 1 amide bonds. The van der Waals surface area contributed by atoms with Gasteiger partial charge in [0, 0.05) is 5.56 Å². The van der Waals surface area contributed by atoms with E-state index in [1.54, 1.807) is 51.4 Å². The Labute approximate surface area is 127 Å². The van der Waals surface area contributed by atoms with Crippen molar-refractivity contribution in [3.8, 4) is 0 Å². The molecule has 1 aromatic heterocycles. The summed E-state index contributed by atoms with van der Waals surface area (Å²) in [5.41, 5.74) is 1.10. The van der Waals surface area contributed by atoms with Gasteiger partial charge in [0.25, 0.3) is 5.91 Å². The molecule has 0 radical (unpaired) electrons. The number of aliphatic carboxylic acids is 1. The molecule has 2 rings (SSSR count). The number of rotatable bonds is 4. The van der Waals surface area contributed by atoms with E-state index in [9.17, 15) is 14.7 Å². The van der Waals surface area contributed by atoms with Gasteiger partial charge in [0.05, 0.1) is 26.7 Å². The fraction of sp³-hybridized carbons (Fsp3) is 0.400. The molecular weight excluding hydrogens is 288 g/mol. The molecule has 6 heteroatoms. The van der Waals surface area contributed by atoms with Crippen molar-refractivity contribution >= 4 is 33.4 Å². The van der Waals surface area contributed by atoms with Gasteiger partial charge in [-0.15, -0.1) is 11.3 Å². The molecular formula is C15H18N2O3S. The zero-order chi connectivity index (χ0) is 15.8. The van der Waals surface area contributed by atoms with Crippen molar-refractivity contribution < 1.29 is 14.7 Å². The first-order valence-electron chi connectivity index (χ1n) is 6.54. The second-order valence-corrected chi connectivity index (χ2v) is 6.93. The first-order chi connectivity index (χ1) is 9.65. The normalized spacial score (nSPS) is 12.4. The van der Waals surface area contributed by atoms with Gasteiger partial charge < -0.3 is 10.4 Å². The Morgan fingerprint density at radius 3 is 2.52 bits per heavy atom. The van der Waals surface area contributed by atoms with Crippen LogP contribution in [0.5, 0.6) is 0 Å². The summed E-state index contributed by atoms with van der Waals surface area (Å²) < 4.78 is 0.929. The maximum absolute atomic E-state index is 12.4. The zero-order valence-corrected chi connectivity index (χ0v) is 13.2. The lowest BCUT2D eigenvalue weighted by atomic mass is 9.74. The van der Waals surface area contributed by atoms with Crippen LogP contribution in [-0.2, 0) is 4.79 Å². The third-order valence-electron chi connectivity index (χ3n) is 4.12. The highest BCUT2D eigenvalue weighted by molar-refractivity contribution is 7.16. The van der Waals surface area contributed by atoms with Crippen molar-refractivity contribution in [2.24, 2.45) is 5.41 Å². The molecule has 0 aliphatic rings. The summed E-state index contributed by atoms with van der Waals surface area (Å²) in [7, 11) is 0. The number of amides is 1. The lowest BCUT2D eigenvalue weighted by Gasteiger charge is -2.38. The molecule has 0 aliphatic heterocycles. The number of benzene rings is 1. The van der Waals surface area contributed by atoms with Gasteiger partial charge in [0.15, 0.2) is 0 Å². The number of carboxylic acids is 1. The number of aromatic nitrogens is 1. The Kier molecular flexibility index (Phi) is 3.76. The second kappa shape index (κ2) is 5.11. The Hall–Kier alpha value is -1.95. The van der Waals surface area contributed by atoms with Crippen LogP contribution in [0, 0.1) is 5.41 Å². The Morgan fingerprint density at radius 2 is 1.90 bits per heavy atom. The molecule has 2 aromatic rings. The molecule has 0 atom stereocenters. The number of carbonyl (C=O) groups excluding carboxylic acids is 1. The van der Waals surface area contributed by atoms with Crippen LogP contribution in [0.4, 0.5) is 0 Å². The van der Waals surface area contributed by atoms with Crippen LogP contribution < -0.4 is 5.32 Å². The predicted molar refractivity (Wildman–Crippen MR) is 82.6 cm³/mol. The molecule has 0 spiro atoms. The fourth-order valence-corrected chi connectivity index (χ4v) is 2.49. The number of hydrogen-bond donors (Lipinski definition) is 2. The predicted octanol–water partition coefficient (Wildman–Crippen LogP) is 2.92. The number of fused-ring (bicyclic) bond motifs is 1. The van der Waals surface area contributed by atoms with Gasteiger partial charge in [-0.05, 0) is 45.9 Å². The number of nitrogens with zero attached hydrogens (tertiary/aromatic N) is 1. The van der Waals surface area contributed by atoms with Crippen LogP contribution in [0.3, 0.4) is 0 Å². The van der Waals surface area contributed by atoms with Crippen molar-refractivity contribution in [1.82, 2.24) is 10.3 Å². The average Bonchev–Trinajstić information content (AvgIpc) is 2.84. The molecule has 21 heavy (non-hydrogen) atoms. The molecule has 2 N–H and O–H groups in total. The molecule has 0 aliphatic carbocycles. The second-order valence-electron chi connectivity index (χ2n) is 6.04. The van der Waals surface area contributed by atoms with Gasteiger partial charge >= 0.3 is 5.97 Å². The van der Waals surface area contributed by atoms with Crippen LogP contribution in [0.25, 0.3) is 10.2 Å². The van der Waals surface area contributed by atoms with Gasteiger partial charge in [-0.25, -0.2) is 4.98 Å². The van der Waals surface area contributed by atoms with E-state index >= 15 is 0 Å². The standard InChI is InChI=1S/C15H18N2O3S/c1-14(2,13(19)20)15(3,4)17-12(18)9-5-6-10-11(7-9)21-8-16-10/h5-8H,1-4H3,(H,17,18)(H,19,20). The van der Waals surface area contributed by atoms with Crippen LogP contribution in [-0.4, -0.2) is 27.5 Å². The van der Waals surface area contributed by atoms with Gasteiger partial charge in [-0.2, -0.15) is 0 Å². The van der Waals surface area contributed by atoms with E-state index in [2.05, 4.69) is 10.3 Å². The summed E-state index contributed by atoms with van der Waals surface area (Å²) in [6.07, 6.45) is 0. The first kappa shape index (κ1) is 15.4. The monoisotopic (exact) mass is 306 g/mol. The summed E-state index contributed by atoms with van der Waals surface area (Å²) in [4.78, 5) is 27.9. The van der Waals surface area contributed by atoms with E-state index in [0.29, 0.717) is 5.56 Å². The van der Waals surface area contributed by atoms with E-state index in [1.165, 1.54) is 11.3 Å². The lowest BCUT2D eigenvalue weighted by Crippen LogP contribution is -2.56. The van der Waals surface area contributed by atoms with Gasteiger partial charge in [0.2, 0.25) is 0 Å². The molecule has 1 heterocycles. The van der Waals surface area contributed by atoms with E-state index < -0.39 is 16.9 Å². The Bertz CT molecular complexity index is 704. The number of carboxylic acid groups (broad SMARTS) is 1. The number of carbonyl (C=O) groups is 2. The van der Waals surface area contributed by atoms with Crippen LogP contribution in [0.2, 0.25) is 0 Å². The smallest absolute Gasteiger partial charge is 0.311 e. The molecule has 0 unspecified atom stereocenters. The minimum absolute atomic E-state index is 0.287. The zero-order valence-electron chi connectivity index (χ0n) is 12.4. The molecule has 112 valence electrons. The quantitative estimate of drug-likeness (QED) is 0.910. The summed E-state index contributed by atoms with van der Waals surface area (Å²) in [6, 6.07) is 5.25. The average molecular weight is 306 g/mol. The summed E-state index contributed by atoms with van der Waals surface area (Å²) >= 11 is 1.46. The Balaban J connectivity index is 2.26. The maximum atomic E-state index is 12.4. The third-order valence-corrected chi connectivity index (χ3v) is 4.91. The molecule has 5 nitrogen and oxygen atoms in total. The molecule has 0 bridgehead atoms. The van der Waals surface area contributed by atoms with Gasteiger partial charge in [0.1, 0.15) is 0 Å². The molecule has 1 aromatic carbocycles. The van der Waals surface area contributed by atoms with Crippen LogP contribution in [0.1, 0.15) is 38.1 Å². The highest BCUT2D eigenvalue weighted by Crippen LogP contribution is 2.31. The highest BCUT2D eigenvalue weighted by Gasteiger charge is 2.44. The molecule has 0 saturated heterocycles. The number of thiazole rings is 1. The fourth-order valence-electron chi connectivity index (χ4n) is 1.78.